The number of nitrogens with one attached hydrogen (secondary N) is 3. The molecule has 0 spiro atoms. The molecule has 0 bridgehead atoms. The number of aliphatic imine (C=N–C) groups is 1. The highest BCUT2D eigenvalue weighted by Gasteiger charge is 2.09. The number of nitrogens with zero attached hydrogens (tertiary/aromatic N) is 3. The van der Waals surface area contributed by atoms with Gasteiger partial charge in [0.1, 0.15) is 11.6 Å². The van der Waals surface area contributed by atoms with Crippen LogP contribution in [0, 0.1) is 5.82 Å². The minimum atomic E-state index is -0.222. The van der Waals surface area contributed by atoms with Crippen LogP contribution >= 0.6 is 0 Å². The number of aromatic nitrogens is 2. The summed E-state index contributed by atoms with van der Waals surface area (Å²) in [6.45, 7) is 1.31. The van der Waals surface area contributed by atoms with E-state index in [1.807, 2.05) is 43.4 Å². The maximum absolute atomic E-state index is 13.6. The number of H-pyrrole nitrogens is 1. The van der Waals surface area contributed by atoms with E-state index in [4.69, 9.17) is 4.98 Å². The minimum Gasteiger partial charge on any atom is -0.363 e. The minimum absolute atomic E-state index is 0.222. The summed E-state index contributed by atoms with van der Waals surface area (Å²) in [4.78, 5) is 14.3. The molecule has 2 aromatic carbocycles. The van der Waals surface area contributed by atoms with E-state index < -0.39 is 0 Å². The molecule has 3 N–H and O–H groups in total. The molecule has 6 nitrogen and oxygen atoms in total. The van der Waals surface area contributed by atoms with Gasteiger partial charge in [0.05, 0.1) is 5.52 Å². The molecule has 4 aromatic rings. The van der Waals surface area contributed by atoms with E-state index in [0.717, 1.165) is 51.1 Å². The van der Waals surface area contributed by atoms with Crippen molar-refractivity contribution in [2.24, 2.45) is 4.99 Å². The van der Waals surface area contributed by atoms with Crippen molar-refractivity contribution in [1.29, 1.82) is 0 Å². The molecule has 0 radical (unpaired) electrons. The first-order valence-corrected chi connectivity index (χ1v) is 10.3. The Morgan fingerprint density at radius 3 is 2.71 bits per heavy atom. The summed E-state index contributed by atoms with van der Waals surface area (Å²) in [5, 5.41) is 8.79. The Labute approximate surface area is 181 Å². The highest BCUT2D eigenvalue weighted by molar-refractivity contribution is 5.86. The van der Waals surface area contributed by atoms with Gasteiger partial charge in [0.2, 0.25) is 0 Å². The fourth-order valence-corrected chi connectivity index (χ4v) is 3.68. The van der Waals surface area contributed by atoms with E-state index in [1.54, 1.807) is 19.2 Å². The first-order chi connectivity index (χ1) is 15.0. The number of hydrogen-bond acceptors (Lipinski definition) is 3. The third-order valence-corrected chi connectivity index (χ3v) is 5.33. The van der Waals surface area contributed by atoms with Crippen LogP contribution in [0.5, 0.6) is 0 Å². The summed E-state index contributed by atoms with van der Waals surface area (Å²) >= 11 is 0. The zero-order valence-corrected chi connectivity index (χ0v) is 18.0. The van der Waals surface area contributed by atoms with E-state index in [9.17, 15) is 4.39 Å². The molecule has 0 aliphatic rings. The SMILES string of the molecule is CN=C(NCCc1c[nH]c2ccc(F)cc12)NCc1cc(N(C)C)nc2ccccc12. The van der Waals surface area contributed by atoms with Crippen molar-refractivity contribution in [2.45, 2.75) is 13.0 Å². The average molecular weight is 419 g/mol. The standard InChI is InChI=1S/C24H27FN6/c1-26-24(27-11-10-16-14-28-21-9-8-18(25)13-20(16)21)29-15-17-12-23(31(2)3)30-22-7-5-4-6-19(17)22/h4-9,12-14,28H,10-11,15H2,1-3H3,(H2,26,27,29). The van der Waals surface area contributed by atoms with Gasteiger partial charge in [-0.25, -0.2) is 9.37 Å². The van der Waals surface area contributed by atoms with E-state index in [2.05, 4.69) is 32.7 Å². The molecular weight excluding hydrogens is 391 g/mol. The Bertz CT molecular complexity index is 1230. The van der Waals surface area contributed by atoms with E-state index in [0.29, 0.717) is 13.1 Å². The second kappa shape index (κ2) is 9.04. The van der Waals surface area contributed by atoms with Gasteiger partial charge in [-0.05, 0) is 47.9 Å². The Kier molecular flexibility index (Phi) is 6.02. The van der Waals surface area contributed by atoms with Crippen molar-refractivity contribution >= 4 is 33.6 Å². The Balaban J connectivity index is 1.41. The van der Waals surface area contributed by atoms with Crippen LogP contribution in [0.2, 0.25) is 0 Å². The van der Waals surface area contributed by atoms with Crippen molar-refractivity contribution in [1.82, 2.24) is 20.6 Å². The van der Waals surface area contributed by atoms with Crippen molar-refractivity contribution in [2.75, 3.05) is 32.6 Å². The lowest BCUT2D eigenvalue weighted by molar-refractivity contribution is 0.629. The van der Waals surface area contributed by atoms with E-state index in [1.165, 1.54) is 6.07 Å². The molecule has 0 fully saturated rings. The predicted octanol–water partition coefficient (Wildman–Crippen LogP) is 3.83. The van der Waals surface area contributed by atoms with Crippen LogP contribution in [-0.2, 0) is 13.0 Å². The van der Waals surface area contributed by atoms with Gasteiger partial charge in [0.15, 0.2) is 5.96 Å². The zero-order valence-electron chi connectivity index (χ0n) is 18.0. The van der Waals surface area contributed by atoms with Gasteiger partial charge in [-0.2, -0.15) is 0 Å². The molecule has 0 aliphatic carbocycles. The number of guanidine groups is 1. The zero-order chi connectivity index (χ0) is 21.8. The van der Waals surface area contributed by atoms with Crippen LogP contribution < -0.4 is 15.5 Å². The van der Waals surface area contributed by atoms with Crippen molar-refractivity contribution < 1.29 is 4.39 Å². The number of pyridine rings is 1. The molecule has 4 rings (SSSR count). The number of para-hydroxylation sites is 1. The highest BCUT2D eigenvalue weighted by atomic mass is 19.1. The molecule has 31 heavy (non-hydrogen) atoms. The molecule has 0 saturated heterocycles. The van der Waals surface area contributed by atoms with Crippen LogP contribution in [0.15, 0.2) is 59.7 Å². The topological polar surface area (TPSA) is 68.3 Å². The third-order valence-electron chi connectivity index (χ3n) is 5.33. The van der Waals surface area contributed by atoms with Gasteiger partial charge in [-0.1, -0.05) is 18.2 Å². The number of hydrogen-bond donors (Lipinski definition) is 3. The van der Waals surface area contributed by atoms with Crippen LogP contribution in [0.1, 0.15) is 11.1 Å². The van der Waals surface area contributed by atoms with Gasteiger partial charge >= 0.3 is 0 Å². The molecule has 7 heteroatoms. The van der Waals surface area contributed by atoms with Crippen LogP contribution in [0.4, 0.5) is 10.2 Å². The highest BCUT2D eigenvalue weighted by Crippen LogP contribution is 2.22. The number of aromatic amines is 1. The lowest BCUT2D eigenvalue weighted by atomic mass is 10.1. The summed E-state index contributed by atoms with van der Waals surface area (Å²) in [5.74, 6) is 1.42. The van der Waals surface area contributed by atoms with Gasteiger partial charge < -0.3 is 20.5 Å². The third kappa shape index (κ3) is 4.60. The Morgan fingerprint density at radius 1 is 1.06 bits per heavy atom. The summed E-state index contributed by atoms with van der Waals surface area (Å²) in [7, 11) is 5.74. The molecule has 2 aromatic heterocycles. The first-order valence-electron chi connectivity index (χ1n) is 10.3. The van der Waals surface area contributed by atoms with Crippen LogP contribution in [0.3, 0.4) is 0 Å². The molecular formula is C24H27FN6. The summed E-state index contributed by atoms with van der Waals surface area (Å²) in [6.07, 6.45) is 2.70. The lowest BCUT2D eigenvalue weighted by Gasteiger charge is -2.17. The average Bonchev–Trinajstić information content (AvgIpc) is 3.17. The quantitative estimate of drug-likeness (QED) is 0.329. The normalized spacial score (nSPS) is 11.8. The number of anilines is 1. The van der Waals surface area contributed by atoms with Gasteiger partial charge in [0, 0.05) is 56.7 Å². The van der Waals surface area contributed by atoms with E-state index >= 15 is 0 Å². The molecule has 0 unspecified atom stereocenters. The van der Waals surface area contributed by atoms with Gasteiger partial charge in [-0.15, -0.1) is 0 Å². The monoisotopic (exact) mass is 418 g/mol. The maximum atomic E-state index is 13.6. The van der Waals surface area contributed by atoms with Crippen molar-refractivity contribution in [3.05, 3.63) is 71.7 Å². The summed E-state index contributed by atoms with van der Waals surface area (Å²) < 4.78 is 13.6. The molecule has 0 atom stereocenters. The van der Waals surface area contributed by atoms with Crippen molar-refractivity contribution in [3.8, 4) is 0 Å². The number of rotatable bonds is 6. The molecule has 160 valence electrons. The number of fused-ring (bicyclic) bond motifs is 2. The predicted molar refractivity (Wildman–Crippen MR) is 126 cm³/mol. The largest absolute Gasteiger partial charge is 0.363 e. The molecule has 0 saturated carbocycles. The summed E-state index contributed by atoms with van der Waals surface area (Å²) in [5.41, 5.74) is 4.15. The Morgan fingerprint density at radius 2 is 1.90 bits per heavy atom. The van der Waals surface area contributed by atoms with Crippen molar-refractivity contribution in [3.63, 3.8) is 0 Å². The molecule has 0 aliphatic heterocycles. The maximum Gasteiger partial charge on any atom is 0.191 e. The summed E-state index contributed by atoms with van der Waals surface area (Å²) in [6, 6.07) is 15.1. The van der Waals surface area contributed by atoms with Gasteiger partial charge in [0.25, 0.3) is 0 Å². The van der Waals surface area contributed by atoms with E-state index in [-0.39, 0.29) is 5.82 Å². The van der Waals surface area contributed by atoms with Crippen LogP contribution in [0.25, 0.3) is 21.8 Å². The fourth-order valence-electron chi connectivity index (χ4n) is 3.68. The van der Waals surface area contributed by atoms with Crippen LogP contribution in [-0.4, -0.2) is 43.6 Å². The second-order valence-corrected chi connectivity index (χ2v) is 7.66. The smallest absolute Gasteiger partial charge is 0.191 e. The first kappa shape index (κ1) is 20.7. The lowest BCUT2D eigenvalue weighted by Crippen LogP contribution is -2.37. The molecule has 0 amide bonds. The fraction of sp³-hybridized carbons (Fsp3) is 0.250. The second-order valence-electron chi connectivity index (χ2n) is 7.66. The molecule has 2 heterocycles. The number of benzene rings is 2. The number of halogens is 1. The van der Waals surface area contributed by atoms with Gasteiger partial charge in [-0.3, -0.25) is 4.99 Å². The Hall–Kier alpha value is -3.61.